The summed E-state index contributed by atoms with van der Waals surface area (Å²) >= 11 is 0. The van der Waals surface area contributed by atoms with Crippen LogP contribution in [0.15, 0.2) is 66.2 Å². The van der Waals surface area contributed by atoms with Crippen molar-refractivity contribution in [3.63, 3.8) is 0 Å². The predicted octanol–water partition coefficient (Wildman–Crippen LogP) is 4.95. The van der Waals surface area contributed by atoms with Gasteiger partial charge < -0.3 is 24.2 Å². The third-order valence-corrected chi connectivity index (χ3v) is 6.42. The monoisotopic (exact) mass is 487 g/mol. The Bertz CT molecular complexity index is 1340. The van der Waals surface area contributed by atoms with E-state index in [9.17, 15) is 14.7 Å². The molecule has 0 radical (unpaired) electrons. The lowest BCUT2D eigenvalue weighted by Gasteiger charge is -2.26. The second-order valence-corrected chi connectivity index (χ2v) is 8.71. The van der Waals surface area contributed by atoms with E-state index in [2.05, 4.69) is 0 Å². The Labute approximate surface area is 210 Å². The minimum atomic E-state index is -0.788. The van der Waals surface area contributed by atoms with Crippen molar-refractivity contribution in [3.05, 3.63) is 94.1 Å². The molecule has 36 heavy (non-hydrogen) atoms. The molecule has 0 spiro atoms. The van der Waals surface area contributed by atoms with Crippen LogP contribution in [0.2, 0.25) is 0 Å². The van der Waals surface area contributed by atoms with Gasteiger partial charge in [-0.1, -0.05) is 35.9 Å². The van der Waals surface area contributed by atoms with Crippen molar-refractivity contribution in [2.24, 2.45) is 0 Å². The topological polar surface area (TPSA) is 85.3 Å². The number of likely N-dealkylation sites (tertiary alicyclic amines) is 1. The summed E-state index contributed by atoms with van der Waals surface area (Å²) in [6.07, 6.45) is 0. The molecule has 186 valence electrons. The number of hydrogen-bond donors (Lipinski definition) is 1. The first-order valence-corrected chi connectivity index (χ1v) is 11.5. The Morgan fingerprint density at radius 2 is 1.56 bits per heavy atom. The Kier molecular flexibility index (Phi) is 7.01. The molecule has 4 rings (SSSR count). The van der Waals surface area contributed by atoms with E-state index in [1.165, 1.54) is 12.0 Å². The number of carbonyl (C=O) groups is 2. The van der Waals surface area contributed by atoms with Crippen LogP contribution in [0.5, 0.6) is 17.2 Å². The number of ether oxygens (including phenoxy) is 3. The number of hydrogen-bond acceptors (Lipinski definition) is 6. The van der Waals surface area contributed by atoms with E-state index in [-0.39, 0.29) is 17.9 Å². The van der Waals surface area contributed by atoms with Gasteiger partial charge in [0.2, 0.25) is 0 Å². The maximum Gasteiger partial charge on any atom is 0.295 e. The van der Waals surface area contributed by atoms with Crippen molar-refractivity contribution in [1.82, 2.24) is 4.90 Å². The lowest BCUT2D eigenvalue weighted by molar-refractivity contribution is -0.140. The molecule has 0 aliphatic carbocycles. The quantitative estimate of drug-likeness (QED) is 0.288. The number of aliphatic hydroxyl groups excluding tert-OH is 1. The van der Waals surface area contributed by atoms with Gasteiger partial charge in [0.15, 0.2) is 11.5 Å². The molecular formula is C29H29NO6. The molecule has 0 saturated carbocycles. The van der Waals surface area contributed by atoms with Gasteiger partial charge >= 0.3 is 0 Å². The summed E-state index contributed by atoms with van der Waals surface area (Å²) in [4.78, 5) is 28.2. The van der Waals surface area contributed by atoms with Crippen LogP contribution in [0.4, 0.5) is 0 Å². The number of benzene rings is 3. The zero-order valence-electron chi connectivity index (χ0n) is 21.0. The normalized spacial score (nSPS) is 16.8. The first kappa shape index (κ1) is 24.9. The Balaban J connectivity index is 1.86. The molecule has 7 heteroatoms. The van der Waals surface area contributed by atoms with Crippen LogP contribution in [-0.2, 0) is 16.1 Å². The van der Waals surface area contributed by atoms with Crippen molar-refractivity contribution in [2.45, 2.75) is 26.4 Å². The minimum Gasteiger partial charge on any atom is -0.507 e. The van der Waals surface area contributed by atoms with Crippen LogP contribution in [0.25, 0.3) is 5.76 Å². The van der Waals surface area contributed by atoms with Gasteiger partial charge in [0.05, 0.1) is 32.9 Å². The smallest absolute Gasteiger partial charge is 0.295 e. The maximum atomic E-state index is 13.4. The fourth-order valence-corrected chi connectivity index (χ4v) is 4.49. The van der Waals surface area contributed by atoms with Crippen molar-refractivity contribution in [1.29, 1.82) is 0 Å². The molecule has 1 aliphatic heterocycles. The van der Waals surface area contributed by atoms with Crippen LogP contribution in [0, 0.1) is 13.8 Å². The molecule has 3 aromatic carbocycles. The van der Waals surface area contributed by atoms with Gasteiger partial charge in [-0.15, -0.1) is 0 Å². The van der Waals surface area contributed by atoms with E-state index in [0.29, 0.717) is 28.4 Å². The molecule has 1 atom stereocenters. The maximum absolute atomic E-state index is 13.4. The number of aryl methyl sites for hydroxylation is 2. The number of methoxy groups -OCH3 is 3. The third-order valence-electron chi connectivity index (χ3n) is 6.42. The second kappa shape index (κ2) is 10.2. The molecule has 3 aromatic rings. The standard InChI is InChI=1S/C29H29NO6/c1-17-6-7-18(2)22(14-17)27(31)25-26(20-9-11-21(34-3)12-10-20)30(29(33)28(25)32)16-19-8-13-23(35-4)24(15-19)36-5/h6-15,26,31H,16H2,1-5H3/b27-25+. The molecule has 1 N–H and O–H groups in total. The van der Waals surface area contributed by atoms with Crippen LogP contribution < -0.4 is 14.2 Å². The van der Waals surface area contributed by atoms with Crippen molar-refractivity contribution >= 4 is 17.4 Å². The highest BCUT2D eigenvalue weighted by Gasteiger charge is 2.46. The average Bonchev–Trinajstić information content (AvgIpc) is 3.14. The number of Topliss-reactive ketones (excluding diaryl/α,β-unsaturated/α-hetero) is 1. The Hall–Kier alpha value is -4.26. The average molecular weight is 488 g/mol. The highest BCUT2D eigenvalue weighted by atomic mass is 16.5. The van der Waals surface area contributed by atoms with Crippen LogP contribution in [0.1, 0.15) is 33.9 Å². The van der Waals surface area contributed by atoms with Gasteiger partial charge in [0.1, 0.15) is 11.5 Å². The lowest BCUT2D eigenvalue weighted by atomic mass is 9.93. The molecule has 1 amide bonds. The third kappa shape index (κ3) is 4.52. The van der Waals surface area contributed by atoms with Gasteiger partial charge in [0.25, 0.3) is 11.7 Å². The molecular weight excluding hydrogens is 458 g/mol. The summed E-state index contributed by atoms with van der Waals surface area (Å²) in [6, 6.07) is 17.3. The molecule has 1 fully saturated rings. The molecule has 1 aliphatic rings. The first-order chi connectivity index (χ1) is 17.3. The Morgan fingerprint density at radius 3 is 2.19 bits per heavy atom. The van der Waals surface area contributed by atoms with Gasteiger partial charge in [0, 0.05) is 12.1 Å². The summed E-state index contributed by atoms with van der Waals surface area (Å²) < 4.78 is 16.0. The number of ketones is 1. The highest BCUT2D eigenvalue weighted by molar-refractivity contribution is 6.46. The van der Waals surface area contributed by atoms with E-state index in [1.54, 1.807) is 50.6 Å². The zero-order chi connectivity index (χ0) is 26.0. The van der Waals surface area contributed by atoms with Crippen molar-refractivity contribution in [3.8, 4) is 17.2 Å². The fourth-order valence-electron chi connectivity index (χ4n) is 4.49. The van der Waals surface area contributed by atoms with Gasteiger partial charge in [-0.3, -0.25) is 9.59 Å². The second-order valence-electron chi connectivity index (χ2n) is 8.71. The lowest BCUT2D eigenvalue weighted by Crippen LogP contribution is -2.29. The molecule has 1 unspecified atom stereocenters. The van der Waals surface area contributed by atoms with E-state index in [0.717, 1.165) is 16.7 Å². The number of rotatable bonds is 7. The summed E-state index contributed by atoms with van der Waals surface area (Å²) in [5.74, 6) is 0.121. The van der Waals surface area contributed by atoms with E-state index < -0.39 is 17.7 Å². The predicted molar refractivity (Wildman–Crippen MR) is 136 cm³/mol. The molecule has 1 saturated heterocycles. The van der Waals surface area contributed by atoms with Crippen LogP contribution in [0.3, 0.4) is 0 Å². The highest BCUT2D eigenvalue weighted by Crippen LogP contribution is 2.41. The molecule has 1 heterocycles. The summed E-state index contributed by atoms with van der Waals surface area (Å²) in [7, 11) is 4.65. The number of nitrogens with zero attached hydrogens (tertiary/aromatic N) is 1. The number of amides is 1. The van der Waals surface area contributed by atoms with Crippen LogP contribution >= 0.6 is 0 Å². The van der Waals surface area contributed by atoms with E-state index >= 15 is 0 Å². The number of carbonyl (C=O) groups excluding carboxylic acids is 2. The number of aliphatic hydroxyl groups is 1. The van der Waals surface area contributed by atoms with Crippen LogP contribution in [-0.4, -0.2) is 43.0 Å². The largest absolute Gasteiger partial charge is 0.507 e. The van der Waals surface area contributed by atoms with Crippen molar-refractivity contribution < 1.29 is 28.9 Å². The molecule has 0 bridgehead atoms. The van der Waals surface area contributed by atoms with Gasteiger partial charge in [-0.2, -0.15) is 0 Å². The summed E-state index contributed by atoms with van der Waals surface area (Å²) in [6.45, 7) is 3.90. The minimum absolute atomic E-state index is 0.0549. The SMILES string of the molecule is COc1ccc(C2/C(=C(\O)c3cc(C)ccc3C)C(=O)C(=O)N2Cc2ccc(OC)c(OC)c2)cc1. The summed E-state index contributed by atoms with van der Waals surface area (Å²) in [5.41, 5.74) is 3.75. The van der Waals surface area contributed by atoms with Crippen molar-refractivity contribution in [2.75, 3.05) is 21.3 Å². The fraction of sp³-hybridized carbons (Fsp3) is 0.241. The molecule has 7 nitrogen and oxygen atoms in total. The zero-order valence-corrected chi connectivity index (χ0v) is 21.0. The molecule has 0 aromatic heterocycles. The Morgan fingerprint density at radius 1 is 0.861 bits per heavy atom. The van der Waals surface area contributed by atoms with E-state index in [1.807, 2.05) is 38.1 Å². The van der Waals surface area contributed by atoms with Gasteiger partial charge in [-0.05, 0) is 60.9 Å². The summed E-state index contributed by atoms with van der Waals surface area (Å²) in [5, 5.41) is 11.4. The van der Waals surface area contributed by atoms with E-state index in [4.69, 9.17) is 14.2 Å². The van der Waals surface area contributed by atoms with Gasteiger partial charge in [-0.25, -0.2) is 0 Å². The first-order valence-electron chi connectivity index (χ1n) is 11.5.